The number of fused-ring (bicyclic) bond motifs is 5. The average molecular weight is 1210 g/mol. The SMILES string of the molecule is CC(=O)OC1C(=O)C2(C)C(O)CC3OCC3(OC(C)=O)C2C(OC(=O)c2ccccc2)C2(O)CC(OC(=O)C(OC(=O)O)C(NC(=O)c3ccccc3)c3ccccc3)C(C)=C1C2(C)C.O.[Cl][Pt+2][Cl].[NH2-].[NH2-]. The van der Waals surface area contributed by atoms with Crippen molar-refractivity contribution in [3.8, 4) is 0 Å². The number of hydrogen-bond donors (Lipinski definition) is 4. The van der Waals surface area contributed by atoms with E-state index in [0.29, 0.717) is 0 Å². The Labute approximate surface area is 425 Å². The molecule has 3 aromatic rings. The molecule has 20 nitrogen and oxygen atoms in total. The second-order valence-corrected chi connectivity index (χ2v) is 21.0. The molecule has 3 aliphatic carbocycles. The van der Waals surface area contributed by atoms with Crippen LogP contribution in [0.5, 0.6) is 0 Å². The van der Waals surface area contributed by atoms with Crippen LogP contribution in [0.1, 0.15) is 86.7 Å². The van der Waals surface area contributed by atoms with Crippen molar-refractivity contribution >= 4 is 60.6 Å². The molecule has 390 valence electrons. The summed E-state index contributed by atoms with van der Waals surface area (Å²) in [6, 6.07) is 22.1. The maximum atomic E-state index is 15.6. The van der Waals surface area contributed by atoms with E-state index in [9.17, 15) is 44.1 Å². The van der Waals surface area contributed by atoms with Crippen molar-refractivity contribution in [2.24, 2.45) is 16.7 Å². The second-order valence-electron chi connectivity index (χ2n) is 17.8. The van der Waals surface area contributed by atoms with Crippen LogP contribution in [-0.4, -0.2) is 117 Å². The number of nitrogens with one attached hydrogen (secondary N) is 1. The third kappa shape index (κ3) is 11.4. The number of amides is 1. The number of nitrogens with two attached hydrogens (primary N) is 2. The molecular weight excluding hydrogens is 1160 g/mol. The Balaban J connectivity index is 0.00000216. The number of halogens is 2. The van der Waals surface area contributed by atoms with Gasteiger partial charge in [0, 0.05) is 37.7 Å². The molecule has 2 saturated carbocycles. The van der Waals surface area contributed by atoms with E-state index in [2.05, 4.69) is 5.32 Å². The van der Waals surface area contributed by atoms with Crippen molar-refractivity contribution in [2.75, 3.05) is 6.61 Å². The molecule has 11 atom stereocenters. The standard InChI is InChI=1S/C48H51NO16.2ClH.2H2N.H2O.Pt/c1-25-31(62-43(56)37(63-44(57)58)35(28-16-10-7-11-17-28)49-41(54)29-18-12-8-13-19-29)23-48(59)40(64-42(55)30-20-14-9-15-21-30)38-46(6,32(52)22-33-47(38,24-60-33)65-27(3)51)39(53)36(61-26(2)50)34(25)45(48,4)5;;;;;;/h7-21,31-33,35-38,40,52,59H,22-24H2,1-6H3,(H,49,54)(H,57,58);2*1H;3*1H2;/q;;;2*-1;;+4/p-2. The van der Waals surface area contributed by atoms with Gasteiger partial charge in [-0.05, 0) is 54.8 Å². The molecular formula is C48H57Cl2N3O17Pt. The summed E-state index contributed by atoms with van der Waals surface area (Å²) in [6.45, 7) is 7.72. The Kier molecular flexibility index (Phi) is 20.3. The maximum absolute atomic E-state index is 15.6. The predicted octanol–water partition coefficient (Wildman–Crippen LogP) is 6.42. The Bertz CT molecular complexity index is 2450. The zero-order chi connectivity index (χ0) is 49.9. The molecule has 0 aromatic heterocycles. The van der Waals surface area contributed by atoms with Gasteiger partial charge in [0.25, 0.3) is 5.91 Å². The molecule has 0 spiro atoms. The predicted molar refractivity (Wildman–Crippen MR) is 250 cm³/mol. The second kappa shape index (κ2) is 24.0. The van der Waals surface area contributed by atoms with Gasteiger partial charge in [-0.25, -0.2) is 14.4 Å². The minimum atomic E-state index is -2.48. The van der Waals surface area contributed by atoms with Gasteiger partial charge in [-0.15, -0.1) is 0 Å². The zero-order valence-corrected chi connectivity index (χ0v) is 43.1. The fourth-order valence-electron chi connectivity index (χ4n) is 10.4. The van der Waals surface area contributed by atoms with E-state index in [1.165, 1.54) is 64.1 Å². The maximum Gasteiger partial charge on any atom is -0.693 e. The first-order valence-electron chi connectivity index (χ1n) is 21.3. The summed E-state index contributed by atoms with van der Waals surface area (Å²) >= 11 is -0.472. The molecule has 1 amide bonds. The Morgan fingerprint density at radius 1 is 0.831 bits per heavy atom. The molecule has 11 unspecified atom stereocenters. The fourth-order valence-corrected chi connectivity index (χ4v) is 10.4. The minimum Gasteiger partial charge on any atom is -0.693 e. The molecule has 1 aliphatic heterocycles. The molecule has 3 fully saturated rings. The van der Waals surface area contributed by atoms with Crippen molar-refractivity contribution in [3.63, 3.8) is 0 Å². The number of rotatable bonds is 11. The van der Waals surface area contributed by atoms with E-state index in [4.69, 9.17) is 47.3 Å². The molecule has 1 heterocycles. The summed E-state index contributed by atoms with van der Waals surface area (Å²) in [6.07, 6.45) is -12.9. The number of ketones is 1. The van der Waals surface area contributed by atoms with Crippen LogP contribution >= 0.6 is 18.8 Å². The number of aliphatic hydroxyl groups is 2. The van der Waals surface area contributed by atoms with E-state index < -0.39 is 135 Å². The van der Waals surface area contributed by atoms with Gasteiger partial charge in [0.2, 0.25) is 6.10 Å². The number of Topliss-reactive ketones (excluding diaryl/α,β-unsaturated/α-hetero) is 1. The third-order valence-corrected chi connectivity index (χ3v) is 13.7. The summed E-state index contributed by atoms with van der Waals surface area (Å²) in [5.41, 5.74) is -7.66. The van der Waals surface area contributed by atoms with Gasteiger partial charge >= 0.3 is 65.3 Å². The van der Waals surface area contributed by atoms with Crippen LogP contribution in [0.2, 0.25) is 0 Å². The molecule has 0 radical (unpaired) electrons. The van der Waals surface area contributed by atoms with E-state index in [1.54, 1.807) is 54.6 Å². The summed E-state index contributed by atoms with van der Waals surface area (Å²) in [7, 11) is 9.75. The van der Waals surface area contributed by atoms with Gasteiger partial charge < -0.3 is 66.8 Å². The van der Waals surface area contributed by atoms with Crippen molar-refractivity contribution in [1.29, 1.82) is 0 Å². The van der Waals surface area contributed by atoms with E-state index in [-0.39, 0.29) is 58.6 Å². The number of benzene rings is 3. The van der Waals surface area contributed by atoms with Gasteiger partial charge in [0.1, 0.15) is 30.0 Å². The number of esters is 4. The van der Waals surface area contributed by atoms with Gasteiger partial charge in [0.05, 0.1) is 29.6 Å². The van der Waals surface area contributed by atoms with Crippen LogP contribution in [0.15, 0.2) is 102 Å². The number of ether oxygens (including phenoxy) is 6. The fraction of sp³-hybridized carbons (Fsp3) is 0.438. The van der Waals surface area contributed by atoms with Gasteiger partial charge in [-0.2, -0.15) is 0 Å². The average Bonchev–Trinajstić information content (AvgIpc) is 3.29. The van der Waals surface area contributed by atoms with Crippen molar-refractivity contribution in [3.05, 3.63) is 131 Å². The Morgan fingerprint density at radius 2 is 1.37 bits per heavy atom. The largest absolute Gasteiger partial charge is 0.693 e. The molecule has 7 rings (SSSR count). The smallest absolute Gasteiger partial charge is 0.693 e. The number of aliphatic hydroxyl groups excluding tert-OH is 1. The number of carbonyl (C=O) groups excluding carboxylic acids is 6. The molecule has 3 aromatic carbocycles. The van der Waals surface area contributed by atoms with Crippen LogP contribution < -0.4 is 5.32 Å². The summed E-state index contributed by atoms with van der Waals surface area (Å²) in [5, 5.41) is 38.6. The normalized spacial score (nSPS) is 28.5. The van der Waals surface area contributed by atoms with Crippen LogP contribution in [0, 0.1) is 16.7 Å². The first-order valence-corrected chi connectivity index (χ1v) is 27.0. The first kappa shape index (κ1) is 60.0. The van der Waals surface area contributed by atoms with Crippen LogP contribution in [0.4, 0.5) is 4.79 Å². The van der Waals surface area contributed by atoms with Gasteiger partial charge in [-0.3, -0.25) is 19.2 Å². The van der Waals surface area contributed by atoms with E-state index >= 15 is 4.79 Å². The Morgan fingerprint density at radius 3 is 1.86 bits per heavy atom. The summed E-state index contributed by atoms with van der Waals surface area (Å²) in [4.78, 5) is 96.6. The van der Waals surface area contributed by atoms with Gasteiger partial charge in [-0.1, -0.05) is 80.6 Å². The van der Waals surface area contributed by atoms with Crippen molar-refractivity contribution in [2.45, 2.75) is 108 Å². The molecule has 10 N–H and O–H groups in total. The van der Waals surface area contributed by atoms with Crippen LogP contribution in [0.25, 0.3) is 12.3 Å². The van der Waals surface area contributed by atoms with Crippen LogP contribution in [-0.2, 0) is 64.1 Å². The van der Waals surface area contributed by atoms with E-state index in [1.807, 2.05) is 0 Å². The van der Waals surface area contributed by atoms with Crippen LogP contribution in [0.3, 0.4) is 0 Å². The minimum absolute atomic E-state index is 0. The number of carboxylic acid groups (broad SMARTS) is 1. The third-order valence-electron chi connectivity index (χ3n) is 13.7. The molecule has 1 saturated heterocycles. The number of hydrogen-bond acceptors (Lipinski definition) is 15. The topological polar surface area (TPSA) is 346 Å². The molecule has 23 heteroatoms. The first-order chi connectivity index (χ1) is 32.1. The zero-order valence-electron chi connectivity index (χ0n) is 39.3. The monoisotopic (exact) mass is 1210 g/mol. The van der Waals surface area contributed by atoms with Crippen molar-refractivity contribution in [1.82, 2.24) is 5.32 Å². The van der Waals surface area contributed by atoms with E-state index in [0.717, 1.165) is 13.8 Å². The quantitative estimate of drug-likeness (QED) is 0.0913. The molecule has 71 heavy (non-hydrogen) atoms. The summed E-state index contributed by atoms with van der Waals surface area (Å²) < 4.78 is 35.5. The molecule has 2 bridgehead atoms. The van der Waals surface area contributed by atoms with Crippen molar-refractivity contribution < 1.29 is 99.3 Å². The molecule has 4 aliphatic rings. The summed E-state index contributed by atoms with van der Waals surface area (Å²) in [5.74, 6) is -7.27. The Hall–Kier alpha value is -5.28. The number of carbonyl (C=O) groups is 7. The van der Waals surface area contributed by atoms with Gasteiger partial charge in [0.15, 0.2) is 17.5 Å².